The van der Waals surface area contributed by atoms with Crippen molar-refractivity contribution in [2.75, 3.05) is 7.11 Å². The maximum atomic E-state index is 12.8. The van der Waals surface area contributed by atoms with Gasteiger partial charge in [-0.05, 0) is 73.4 Å². The average Bonchev–Trinajstić information content (AvgIpc) is 2.68. The summed E-state index contributed by atoms with van der Waals surface area (Å²) >= 11 is 0. The number of carbonyl (C=O) groups excluding carboxylic acids is 1. The van der Waals surface area contributed by atoms with Crippen molar-refractivity contribution in [3.63, 3.8) is 0 Å². The van der Waals surface area contributed by atoms with Crippen LogP contribution in [0.1, 0.15) is 56.2 Å². The Hall–Kier alpha value is -2.36. The van der Waals surface area contributed by atoms with Crippen molar-refractivity contribution in [3.8, 4) is 5.75 Å². The highest BCUT2D eigenvalue weighted by atomic mass is 16.5. The molecule has 1 heterocycles. The van der Waals surface area contributed by atoms with Crippen LogP contribution in [0, 0.1) is 11.8 Å². The van der Waals surface area contributed by atoms with Crippen molar-refractivity contribution in [3.05, 3.63) is 59.9 Å². The fourth-order valence-corrected chi connectivity index (χ4v) is 4.04. The molecule has 1 aliphatic carbocycles. The molecule has 1 aromatic heterocycles. The second kappa shape index (κ2) is 8.35. The van der Waals surface area contributed by atoms with Crippen LogP contribution in [0.4, 0.5) is 0 Å². The first-order valence-corrected chi connectivity index (χ1v) is 9.42. The second-order valence-electron chi connectivity index (χ2n) is 7.38. The highest BCUT2D eigenvalue weighted by Crippen LogP contribution is 2.39. The van der Waals surface area contributed by atoms with E-state index in [2.05, 4.69) is 29.4 Å². The number of rotatable bonds is 5. The lowest BCUT2D eigenvalue weighted by Gasteiger charge is -2.34. The number of pyridine rings is 1. The van der Waals surface area contributed by atoms with Gasteiger partial charge in [-0.25, -0.2) is 0 Å². The topological polar surface area (TPSA) is 51.2 Å². The van der Waals surface area contributed by atoms with Crippen molar-refractivity contribution in [2.45, 2.75) is 45.1 Å². The van der Waals surface area contributed by atoms with Crippen molar-refractivity contribution < 1.29 is 9.53 Å². The van der Waals surface area contributed by atoms with Crippen LogP contribution in [0.2, 0.25) is 0 Å². The molecule has 4 atom stereocenters. The molecule has 0 spiro atoms. The van der Waals surface area contributed by atoms with Gasteiger partial charge in [-0.1, -0.05) is 19.1 Å². The monoisotopic (exact) mass is 352 g/mol. The number of nitrogens with one attached hydrogen (secondary N) is 1. The summed E-state index contributed by atoms with van der Waals surface area (Å²) < 4.78 is 5.28. The van der Waals surface area contributed by atoms with Gasteiger partial charge in [-0.2, -0.15) is 0 Å². The van der Waals surface area contributed by atoms with Crippen molar-refractivity contribution in [2.24, 2.45) is 11.8 Å². The van der Waals surface area contributed by atoms with Crippen LogP contribution in [-0.2, 0) is 4.79 Å². The number of hydrogen-bond acceptors (Lipinski definition) is 3. The lowest BCUT2D eigenvalue weighted by Crippen LogP contribution is -2.38. The number of aromatic nitrogens is 1. The standard InChI is InChI=1S/C22H28N2O2/c1-15-13-19(17-9-11-23-12-10-17)7-8-21(15)22(25)24-16(2)18-5-4-6-20(14-18)26-3/h4-6,9-12,14-16,19,21H,7-8,13H2,1-3H3,(H,24,25)/t15-,16+,19+,21+/m0/s1. The minimum Gasteiger partial charge on any atom is -0.497 e. The molecular formula is C22H28N2O2. The first kappa shape index (κ1) is 18.4. The van der Waals surface area contributed by atoms with E-state index in [1.807, 2.05) is 43.6 Å². The summed E-state index contributed by atoms with van der Waals surface area (Å²) in [5.74, 6) is 1.98. The predicted molar refractivity (Wildman–Crippen MR) is 103 cm³/mol. The van der Waals surface area contributed by atoms with Gasteiger partial charge < -0.3 is 10.1 Å². The van der Waals surface area contributed by atoms with Crippen LogP contribution in [0.5, 0.6) is 5.75 Å². The Balaban J connectivity index is 1.60. The third-order valence-corrected chi connectivity index (χ3v) is 5.64. The molecule has 26 heavy (non-hydrogen) atoms. The van der Waals surface area contributed by atoms with Gasteiger partial charge in [-0.15, -0.1) is 0 Å². The first-order valence-electron chi connectivity index (χ1n) is 9.42. The van der Waals surface area contributed by atoms with Crippen molar-refractivity contribution in [1.82, 2.24) is 10.3 Å². The van der Waals surface area contributed by atoms with Gasteiger partial charge in [0.15, 0.2) is 0 Å². The van der Waals surface area contributed by atoms with E-state index in [9.17, 15) is 4.79 Å². The molecule has 1 fully saturated rings. The third-order valence-electron chi connectivity index (χ3n) is 5.64. The van der Waals surface area contributed by atoms with E-state index in [0.29, 0.717) is 11.8 Å². The summed E-state index contributed by atoms with van der Waals surface area (Å²) in [6.45, 7) is 4.23. The molecule has 2 aromatic rings. The number of amides is 1. The Bertz CT molecular complexity index is 732. The van der Waals surface area contributed by atoms with Gasteiger partial charge in [0.05, 0.1) is 13.2 Å². The number of methoxy groups -OCH3 is 1. The number of hydrogen-bond donors (Lipinski definition) is 1. The lowest BCUT2D eigenvalue weighted by atomic mass is 9.72. The number of ether oxygens (including phenoxy) is 1. The zero-order valence-electron chi connectivity index (χ0n) is 15.8. The molecule has 138 valence electrons. The summed E-state index contributed by atoms with van der Waals surface area (Å²) in [7, 11) is 1.66. The molecule has 0 unspecified atom stereocenters. The molecule has 0 aliphatic heterocycles. The zero-order valence-corrected chi connectivity index (χ0v) is 15.8. The van der Waals surface area contributed by atoms with Crippen LogP contribution in [0.25, 0.3) is 0 Å². The van der Waals surface area contributed by atoms with E-state index in [1.54, 1.807) is 7.11 Å². The smallest absolute Gasteiger partial charge is 0.223 e. The van der Waals surface area contributed by atoms with Gasteiger partial charge in [0.1, 0.15) is 5.75 Å². The summed E-state index contributed by atoms with van der Waals surface area (Å²) in [4.78, 5) is 16.9. The Morgan fingerprint density at radius 2 is 2.00 bits per heavy atom. The van der Waals surface area contributed by atoms with Crippen LogP contribution < -0.4 is 10.1 Å². The maximum Gasteiger partial charge on any atom is 0.223 e. The molecule has 0 bridgehead atoms. The van der Waals surface area contributed by atoms with Crippen LogP contribution >= 0.6 is 0 Å². The Labute approximate surface area is 156 Å². The highest BCUT2D eigenvalue weighted by Gasteiger charge is 2.33. The fraction of sp³-hybridized carbons (Fsp3) is 0.455. The molecule has 1 saturated carbocycles. The molecular weight excluding hydrogens is 324 g/mol. The minimum absolute atomic E-state index is 0.0253. The zero-order chi connectivity index (χ0) is 18.5. The maximum absolute atomic E-state index is 12.8. The first-order chi connectivity index (χ1) is 12.6. The molecule has 1 amide bonds. The molecule has 0 saturated heterocycles. The molecule has 1 aromatic carbocycles. The van der Waals surface area contributed by atoms with E-state index in [-0.39, 0.29) is 17.9 Å². The highest BCUT2D eigenvalue weighted by molar-refractivity contribution is 5.79. The quantitative estimate of drug-likeness (QED) is 0.863. The van der Waals surface area contributed by atoms with E-state index >= 15 is 0 Å². The summed E-state index contributed by atoms with van der Waals surface area (Å²) in [6, 6.07) is 12.1. The van der Waals surface area contributed by atoms with E-state index < -0.39 is 0 Å². The lowest BCUT2D eigenvalue weighted by molar-refractivity contribution is -0.128. The largest absolute Gasteiger partial charge is 0.497 e. The van der Waals surface area contributed by atoms with Gasteiger partial charge >= 0.3 is 0 Å². The van der Waals surface area contributed by atoms with E-state index in [0.717, 1.165) is 30.6 Å². The van der Waals surface area contributed by atoms with Crippen LogP contribution in [0.3, 0.4) is 0 Å². The van der Waals surface area contributed by atoms with Crippen LogP contribution in [0.15, 0.2) is 48.8 Å². The summed E-state index contributed by atoms with van der Waals surface area (Å²) in [5.41, 5.74) is 2.41. The average molecular weight is 352 g/mol. The summed E-state index contributed by atoms with van der Waals surface area (Å²) in [6.07, 6.45) is 6.75. The Morgan fingerprint density at radius 1 is 1.23 bits per heavy atom. The van der Waals surface area contributed by atoms with E-state index in [4.69, 9.17) is 4.74 Å². The van der Waals surface area contributed by atoms with Crippen molar-refractivity contribution >= 4 is 5.91 Å². The minimum atomic E-state index is -0.0253. The molecule has 4 nitrogen and oxygen atoms in total. The fourth-order valence-electron chi connectivity index (χ4n) is 4.04. The summed E-state index contributed by atoms with van der Waals surface area (Å²) in [5, 5.41) is 3.20. The number of nitrogens with zero attached hydrogens (tertiary/aromatic N) is 1. The normalized spacial score (nSPS) is 23.9. The van der Waals surface area contributed by atoms with Crippen LogP contribution in [-0.4, -0.2) is 18.0 Å². The molecule has 1 N–H and O–H groups in total. The predicted octanol–water partition coefficient (Wildman–Crippen LogP) is 4.49. The Kier molecular flexibility index (Phi) is 5.92. The molecule has 4 heteroatoms. The van der Waals surface area contributed by atoms with Gasteiger partial charge in [0.2, 0.25) is 5.91 Å². The molecule has 1 aliphatic rings. The van der Waals surface area contributed by atoms with Crippen molar-refractivity contribution in [1.29, 1.82) is 0 Å². The number of carbonyl (C=O) groups is 1. The second-order valence-corrected chi connectivity index (χ2v) is 7.38. The molecule has 3 rings (SSSR count). The Morgan fingerprint density at radius 3 is 2.69 bits per heavy atom. The van der Waals surface area contributed by atoms with E-state index in [1.165, 1.54) is 5.56 Å². The third kappa shape index (κ3) is 4.24. The van der Waals surface area contributed by atoms with Gasteiger partial charge in [-0.3, -0.25) is 9.78 Å². The van der Waals surface area contributed by atoms with Gasteiger partial charge in [0, 0.05) is 18.3 Å². The molecule has 0 radical (unpaired) electrons. The SMILES string of the molecule is COc1cccc([C@@H](C)NC(=O)[C@@H]2CC[C@@H](c3ccncc3)C[C@@H]2C)c1. The number of benzene rings is 1. The van der Waals surface area contributed by atoms with Gasteiger partial charge in [0.25, 0.3) is 0 Å².